The number of nitrogens with zero attached hydrogens (tertiary/aromatic N) is 3. The molecule has 0 saturated carbocycles. The highest BCUT2D eigenvalue weighted by molar-refractivity contribution is 5.92. The minimum Gasteiger partial charge on any atom is -0.351 e. The average Bonchev–Trinajstić information content (AvgIpc) is 2.58. The summed E-state index contributed by atoms with van der Waals surface area (Å²) in [6.45, 7) is 7.64. The molecule has 1 heterocycles. The Balaban J connectivity index is 2.21. The van der Waals surface area contributed by atoms with Crippen molar-refractivity contribution in [2.24, 2.45) is 0 Å². The Morgan fingerprint density at radius 3 is 2.61 bits per heavy atom. The zero-order chi connectivity index (χ0) is 16.7. The second-order valence-electron chi connectivity index (χ2n) is 5.72. The summed E-state index contributed by atoms with van der Waals surface area (Å²) in [4.78, 5) is 22.7. The van der Waals surface area contributed by atoms with Gasteiger partial charge in [0.2, 0.25) is 0 Å². The number of aromatic nitrogens is 2. The maximum absolute atomic E-state index is 12.1. The Morgan fingerprint density at radius 1 is 1.22 bits per heavy atom. The van der Waals surface area contributed by atoms with Crippen LogP contribution in [0.3, 0.4) is 0 Å². The van der Waals surface area contributed by atoms with E-state index >= 15 is 0 Å². The SMILES string of the molecule is CCCNC(=O)c1cc(N(Cc2ccccc2)C(C)C)ncn1. The predicted molar refractivity (Wildman–Crippen MR) is 92.4 cm³/mol. The van der Waals surface area contributed by atoms with Gasteiger partial charge in [-0.1, -0.05) is 37.3 Å². The highest BCUT2D eigenvalue weighted by atomic mass is 16.1. The summed E-state index contributed by atoms with van der Waals surface area (Å²) in [6, 6.07) is 12.3. The Labute approximate surface area is 137 Å². The molecule has 2 aromatic rings. The van der Waals surface area contributed by atoms with Crippen LogP contribution >= 0.6 is 0 Å². The monoisotopic (exact) mass is 312 g/mol. The van der Waals surface area contributed by atoms with E-state index in [-0.39, 0.29) is 11.9 Å². The standard InChI is InChI=1S/C18H24N4O/c1-4-10-19-18(23)16-11-17(21-13-20-16)22(14(2)3)12-15-8-6-5-7-9-15/h5-9,11,13-14H,4,10,12H2,1-3H3,(H,19,23). The molecule has 0 radical (unpaired) electrons. The van der Waals surface area contributed by atoms with Crippen LogP contribution in [0.25, 0.3) is 0 Å². The van der Waals surface area contributed by atoms with E-state index in [9.17, 15) is 4.79 Å². The molecule has 5 heteroatoms. The van der Waals surface area contributed by atoms with Gasteiger partial charge in [0.05, 0.1) is 0 Å². The summed E-state index contributed by atoms with van der Waals surface area (Å²) in [7, 11) is 0. The number of hydrogen-bond donors (Lipinski definition) is 1. The fraction of sp³-hybridized carbons (Fsp3) is 0.389. The van der Waals surface area contributed by atoms with Crippen molar-refractivity contribution in [2.75, 3.05) is 11.4 Å². The van der Waals surface area contributed by atoms with Gasteiger partial charge in [-0.25, -0.2) is 9.97 Å². The summed E-state index contributed by atoms with van der Waals surface area (Å²) in [6.07, 6.45) is 2.35. The lowest BCUT2D eigenvalue weighted by Crippen LogP contribution is -2.32. The van der Waals surface area contributed by atoms with Gasteiger partial charge in [0.1, 0.15) is 17.8 Å². The van der Waals surface area contributed by atoms with Gasteiger partial charge in [-0.2, -0.15) is 0 Å². The van der Waals surface area contributed by atoms with Gasteiger partial charge in [0.15, 0.2) is 0 Å². The van der Waals surface area contributed by atoms with E-state index in [1.165, 1.54) is 11.9 Å². The van der Waals surface area contributed by atoms with Crippen LogP contribution in [0.1, 0.15) is 43.2 Å². The molecule has 122 valence electrons. The van der Waals surface area contributed by atoms with Crippen LogP contribution in [0.15, 0.2) is 42.7 Å². The molecular weight excluding hydrogens is 288 g/mol. The summed E-state index contributed by atoms with van der Waals surface area (Å²) >= 11 is 0. The first-order valence-corrected chi connectivity index (χ1v) is 8.02. The zero-order valence-corrected chi connectivity index (χ0v) is 14.0. The van der Waals surface area contributed by atoms with E-state index in [0.29, 0.717) is 12.2 Å². The van der Waals surface area contributed by atoms with Gasteiger partial charge in [0, 0.05) is 25.2 Å². The normalized spacial score (nSPS) is 10.6. The van der Waals surface area contributed by atoms with E-state index in [0.717, 1.165) is 18.8 Å². The van der Waals surface area contributed by atoms with Crippen molar-refractivity contribution in [1.82, 2.24) is 15.3 Å². The van der Waals surface area contributed by atoms with E-state index in [4.69, 9.17) is 0 Å². The molecule has 0 unspecified atom stereocenters. The van der Waals surface area contributed by atoms with Crippen LogP contribution in [-0.4, -0.2) is 28.5 Å². The first-order valence-electron chi connectivity index (χ1n) is 8.02. The number of carbonyl (C=O) groups is 1. The summed E-state index contributed by atoms with van der Waals surface area (Å²) in [5.41, 5.74) is 1.61. The van der Waals surface area contributed by atoms with E-state index in [1.807, 2.05) is 25.1 Å². The second-order valence-corrected chi connectivity index (χ2v) is 5.72. The lowest BCUT2D eigenvalue weighted by atomic mass is 10.2. The molecule has 0 spiro atoms. The van der Waals surface area contributed by atoms with Gasteiger partial charge < -0.3 is 10.2 Å². The van der Waals surface area contributed by atoms with Gasteiger partial charge in [-0.15, -0.1) is 0 Å². The number of nitrogens with one attached hydrogen (secondary N) is 1. The van der Waals surface area contributed by atoms with Crippen molar-refractivity contribution in [3.8, 4) is 0 Å². The first kappa shape index (κ1) is 16.9. The van der Waals surface area contributed by atoms with Crippen molar-refractivity contribution in [3.05, 3.63) is 54.0 Å². The minimum atomic E-state index is -0.154. The third kappa shape index (κ3) is 4.77. The zero-order valence-electron chi connectivity index (χ0n) is 14.0. The molecule has 23 heavy (non-hydrogen) atoms. The molecular formula is C18H24N4O. The largest absolute Gasteiger partial charge is 0.351 e. The Kier molecular flexibility index (Phi) is 6.09. The smallest absolute Gasteiger partial charge is 0.270 e. The van der Waals surface area contributed by atoms with Crippen LogP contribution in [0.4, 0.5) is 5.82 Å². The van der Waals surface area contributed by atoms with E-state index in [1.54, 1.807) is 6.07 Å². The van der Waals surface area contributed by atoms with Crippen molar-refractivity contribution < 1.29 is 4.79 Å². The lowest BCUT2D eigenvalue weighted by Gasteiger charge is -2.28. The number of hydrogen-bond acceptors (Lipinski definition) is 4. The predicted octanol–water partition coefficient (Wildman–Crippen LogP) is 3.03. The molecule has 0 aliphatic rings. The first-order chi connectivity index (χ1) is 11.1. The van der Waals surface area contributed by atoms with E-state index < -0.39 is 0 Å². The highest BCUT2D eigenvalue weighted by Crippen LogP contribution is 2.18. The van der Waals surface area contributed by atoms with Crippen LogP contribution < -0.4 is 10.2 Å². The Bertz CT molecular complexity index is 628. The van der Waals surface area contributed by atoms with Gasteiger partial charge >= 0.3 is 0 Å². The molecule has 0 bridgehead atoms. The van der Waals surface area contributed by atoms with Gasteiger partial charge in [-0.3, -0.25) is 4.79 Å². The molecule has 5 nitrogen and oxygen atoms in total. The fourth-order valence-electron chi connectivity index (χ4n) is 2.27. The third-order valence-corrected chi connectivity index (χ3v) is 3.53. The number of carbonyl (C=O) groups excluding carboxylic acids is 1. The Hall–Kier alpha value is -2.43. The lowest BCUT2D eigenvalue weighted by molar-refractivity contribution is 0.0948. The molecule has 0 atom stereocenters. The third-order valence-electron chi connectivity index (χ3n) is 3.53. The summed E-state index contributed by atoms with van der Waals surface area (Å²) in [5, 5.41) is 2.85. The summed E-state index contributed by atoms with van der Waals surface area (Å²) in [5.74, 6) is 0.611. The highest BCUT2D eigenvalue weighted by Gasteiger charge is 2.15. The number of anilines is 1. The maximum atomic E-state index is 12.1. The average molecular weight is 312 g/mol. The van der Waals surface area contributed by atoms with Crippen LogP contribution in [0.2, 0.25) is 0 Å². The number of amides is 1. The molecule has 0 fully saturated rings. The minimum absolute atomic E-state index is 0.154. The molecule has 1 N–H and O–H groups in total. The van der Waals surface area contributed by atoms with Crippen molar-refractivity contribution in [1.29, 1.82) is 0 Å². The summed E-state index contributed by atoms with van der Waals surface area (Å²) < 4.78 is 0. The molecule has 2 rings (SSSR count). The molecule has 1 aromatic carbocycles. The van der Waals surface area contributed by atoms with Crippen molar-refractivity contribution in [2.45, 2.75) is 39.8 Å². The molecule has 0 aliphatic heterocycles. The fourth-order valence-corrected chi connectivity index (χ4v) is 2.27. The molecule has 0 aliphatic carbocycles. The van der Waals surface area contributed by atoms with Crippen LogP contribution in [0.5, 0.6) is 0 Å². The molecule has 1 amide bonds. The Morgan fingerprint density at radius 2 is 1.96 bits per heavy atom. The van der Waals surface area contributed by atoms with Crippen LogP contribution in [0, 0.1) is 0 Å². The van der Waals surface area contributed by atoms with Crippen LogP contribution in [-0.2, 0) is 6.54 Å². The van der Waals surface area contributed by atoms with Crippen molar-refractivity contribution >= 4 is 11.7 Å². The topological polar surface area (TPSA) is 58.1 Å². The molecule has 1 aromatic heterocycles. The quantitative estimate of drug-likeness (QED) is 0.854. The second kappa shape index (κ2) is 8.27. The molecule has 0 saturated heterocycles. The maximum Gasteiger partial charge on any atom is 0.270 e. The number of rotatable bonds is 7. The van der Waals surface area contributed by atoms with Crippen molar-refractivity contribution in [3.63, 3.8) is 0 Å². The van der Waals surface area contributed by atoms with Gasteiger partial charge in [0.25, 0.3) is 5.91 Å². The number of benzene rings is 1. The van der Waals surface area contributed by atoms with Gasteiger partial charge in [-0.05, 0) is 25.8 Å². The van der Waals surface area contributed by atoms with E-state index in [2.05, 4.69) is 46.2 Å².